The van der Waals surface area contributed by atoms with Crippen molar-refractivity contribution in [3.63, 3.8) is 0 Å². The number of rotatable bonds is 8. The second kappa shape index (κ2) is 32.3. The molecule has 0 amide bonds. The van der Waals surface area contributed by atoms with E-state index in [1.54, 1.807) is 14.2 Å². The van der Waals surface area contributed by atoms with Crippen LogP contribution in [0.15, 0.2) is 206 Å². The second-order valence-electron chi connectivity index (χ2n) is 13.9. The molecule has 0 fully saturated rings. The summed E-state index contributed by atoms with van der Waals surface area (Å²) < 4.78 is 21.2. The van der Waals surface area contributed by atoms with Crippen molar-refractivity contribution in [3.8, 4) is 34.1 Å². The summed E-state index contributed by atoms with van der Waals surface area (Å²) >= 11 is 0. The molecule has 8 aromatic rings. The maximum atomic E-state index is 5.71. The summed E-state index contributed by atoms with van der Waals surface area (Å²) in [4.78, 5) is 0. The van der Waals surface area contributed by atoms with Crippen molar-refractivity contribution >= 4 is 0 Å². The molecule has 5 heteroatoms. The topological polar surface area (TPSA) is 36.9 Å². The molecule has 342 valence electrons. The van der Waals surface area contributed by atoms with E-state index in [1.165, 1.54) is 44.5 Å². The molecule has 0 saturated carbocycles. The van der Waals surface area contributed by atoms with Gasteiger partial charge in [-0.3, -0.25) is 0 Å². The van der Waals surface area contributed by atoms with Gasteiger partial charge in [-0.2, -0.15) is 36.4 Å². The molecule has 0 aromatic heterocycles. The van der Waals surface area contributed by atoms with Crippen molar-refractivity contribution in [3.05, 3.63) is 252 Å². The van der Waals surface area contributed by atoms with Crippen LogP contribution < -0.4 is 18.9 Å². The standard InChI is InChI=1S/C28H24O2.C8H9O.C7H7O.2C7H8.2C2H6.W/c1-3-30-23-18-14-21(15-19-23)28(20-12-16-22(29-2)17-13-20)26-10-6-4-8-24(26)25-9-5-7-11-27(25)28;1-2-9-8-6-4-3-5-7-8;1-8-7-5-3-2-4-6-7;2*1-7-5-3-2-4-6-7;2*1-2;/h4-19H,3H2,1-2H3;4-7H,2H2,1H3;3-6H,1H3;2*2-6H,1H3;2*1-2H3;/q;2*-1;;;;;+2. The first-order valence-electron chi connectivity index (χ1n) is 22.6. The smallest absolute Gasteiger partial charge is 0.522 e. The minimum Gasteiger partial charge on any atom is -0.522 e. The van der Waals surface area contributed by atoms with E-state index in [0.29, 0.717) is 6.61 Å². The Morgan fingerprint density at radius 3 is 1.00 bits per heavy atom. The Hall–Kier alpha value is -6.35. The third-order valence-electron chi connectivity index (χ3n) is 9.88. The van der Waals surface area contributed by atoms with Crippen molar-refractivity contribution in [2.24, 2.45) is 0 Å². The number of methoxy groups -OCH3 is 2. The van der Waals surface area contributed by atoms with Gasteiger partial charge >= 0.3 is 21.1 Å². The zero-order valence-corrected chi connectivity index (χ0v) is 43.5. The summed E-state index contributed by atoms with van der Waals surface area (Å²) in [6.45, 7) is 17.5. The van der Waals surface area contributed by atoms with Crippen molar-refractivity contribution < 1.29 is 40.0 Å². The molecule has 0 N–H and O–H groups in total. The van der Waals surface area contributed by atoms with Gasteiger partial charge in [-0.05, 0) is 85.3 Å². The van der Waals surface area contributed by atoms with Crippen molar-refractivity contribution in [1.82, 2.24) is 0 Å². The molecule has 1 aliphatic carbocycles. The van der Waals surface area contributed by atoms with Crippen LogP contribution in [0, 0.1) is 26.0 Å². The molecule has 1 aliphatic rings. The zero-order valence-electron chi connectivity index (χ0n) is 40.6. The van der Waals surface area contributed by atoms with Crippen LogP contribution in [0.2, 0.25) is 0 Å². The fourth-order valence-corrected chi connectivity index (χ4v) is 7.04. The molecule has 0 aliphatic heterocycles. The minimum absolute atomic E-state index is 0. The molecule has 66 heavy (non-hydrogen) atoms. The van der Waals surface area contributed by atoms with Crippen molar-refractivity contribution in [1.29, 1.82) is 0 Å². The average molecular weight is 1050 g/mol. The van der Waals surface area contributed by atoms with Gasteiger partial charge in [-0.25, -0.2) is 0 Å². The largest absolute Gasteiger partial charge is 2.00 e. The van der Waals surface area contributed by atoms with E-state index in [4.69, 9.17) is 18.9 Å². The van der Waals surface area contributed by atoms with Gasteiger partial charge in [-0.15, -0.1) is 24.3 Å². The molecular formula is C61H68O4W. The fraction of sp³-hybridized carbons (Fsp3) is 0.213. The molecule has 0 atom stereocenters. The van der Waals surface area contributed by atoms with E-state index < -0.39 is 0 Å². The van der Waals surface area contributed by atoms with E-state index in [9.17, 15) is 0 Å². The SMILES string of the molecule is CC.CC.CCOc1cc[c-]cc1.CCOc1ccc(C2(c3ccc(OC)cc3)c3ccccc3-c3ccccc32)cc1.COc1cc[c-]cc1.Cc1ccccc1.Cc1ccccc1.[W+2]. The summed E-state index contributed by atoms with van der Waals surface area (Å²) in [5.74, 6) is 3.55. The van der Waals surface area contributed by atoms with Crippen LogP contribution in [0.1, 0.15) is 74.9 Å². The van der Waals surface area contributed by atoms with Gasteiger partial charge in [0.1, 0.15) is 11.5 Å². The molecule has 0 bridgehead atoms. The second-order valence-corrected chi connectivity index (χ2v) is 13.9. The Labute approximate surface area is 411 Å². The summed E-state index contributed by atoms with van der Waals surface area (Å²) in [5.41, 5.74) is 9.91. The number of ether oxygens (including phenoxy) is 4. The molecule has 0 saturated heterocycles. The average Bonchev–Trinajstić information content (AvgIpc) is 3.68. The van der Waals surface area contributed by atoms with Crippen molar-refractivity contribution in [2.45, 2.75) is 60.8 Å². The van der Waals surface area contributed by atoms with Gasteiger partial charge in [0.2, 0.25) is 0 Å². The normalized spacial score (nSPS) is 10.4. The first kappa shape index (κ1) is 55.8. The summed E-state index contributed by atoms with van der Waals surface area (Å²) in [5, 5.41) is 0. The molecule has 9 rings (SSSR count). The van der Waals surface area contributed by atoms with Gasteiger partial charge in [-0.1, -0.05) is 172 Å². The van der Waals surface area contributed by atoms with Gasteiger partial charge < -0.3 is 18.9 Å². The van der Waals surface area contributed by atoms with Crippen LogP contribution in [-0.2, 0) is 26.5 Å². The Balaban J connectivity index is 0.000000337. The molecule has 0 radical (unpaired) electrons. The van der Waals surface area contributed by atoms with Gasteiger partial charge in [0.15, 0.2) is 0 Å². The number of fused-ring (bicyclic) bond motifs is 3. The first-order valence-corrected chi connectivity index (χ1v) is 22.6. The molecule has 0 unspecified atom stereocenters. The van der Waals surface area contributed by atoms with Gasteiger partial charge in [0.05, 0.1) is 32.8 Å². The first-order chi connectivity index (χ1) is 31.9. The Kier molecular flexibility index (Phi) is 27.3. The Morgan fingerprint density at radius 2 is 0.682 bits per heavy atom. The molecule has 4 nitrogen and oxygen atoms in total. The summed E-state index contributed by atoms with van der Waals surface area (Å²) in [7, 11) is 3.35. The predicted molar refractivity (Wildman–Crippen MR) is 275 cm³/mol. The van der Waals surface area contributed by atoms with Crippen LogP contribution in [0.4, 0.5) is 0 Å². The predicted octanol–water partition coefficient (Wildman–Crippen LogP) is 15.9. The van der Waals surface area contributed by atoms with Crippen LogP contribution in [0.25, 0.3) is 11.1 Å². The Bertz CT molecular complexity index is 2320. The van der Waals surface area contributed by atoms with Crippen LogP contribution in [0.5, 0.6) is 23.0 Å². The third-order valence-corrected chi connectivity index (χ3v) is 9.88. The van der Waals surface area contributed by atoms with E-state index in [1.807, 2.05) is 126 Å². The number of hydrogen-bond donors (Lipinski definition) is 0. The number of hydrogen-bond acceptors (Lipinski definition) is 4. The molecule has 0 spiro atoms. The minimum atomic E-state index is -0.385. The van der Waals surface area contributed by atoms with E-state index in [0.717, 1.165) is 29.6 Å². The molecule has 0 heterocycles. The van der Waals surface area contributed by atoms with E-state index >= 15 is 0 Å². The quantitative estimate of drug-likeness (QED) is 0.142. The monoisotopic (exact) mass is 1050 g/mol. The summed E-state index contributed by atoms with van der Waals surface area (Å²) in [6.07, 6.45) is 0. The van der Waals surface area contributed by atoms with Gasteiger partial charge in [0.25, 0.3) is 0 Å². The summed E-state index contributed by atoms with van der Waals surface area (Å²) in [6, 6.07) is 75.7. The zero-order chi connectivity index (χ0) is 47.1. The van der Waals surface area contributed by atoms with Crippen LogP contribution in [-0.4, -0.2) is 27.4 Å². The number of benzene rings is 8. The van der Waals surface area contributed by atoms with Crippen molar-refractivity contribution in [2.75, 3.05) is 27.4 Å². The van der Waals surface area contributed by atoms with E-state index in [-0.39, 0.29) is 26.5 Å². The maximum absolute atomic E-state index is 5.71. The maximum Gasteiger partial charge on any atom is 2.00 e. The molecule has 8 aromatic carbocycles. The third kappa shape index (κ3) is 16.6. The molecular weight excluding hydrogens is 981 g/mol. The van der Waals surface area contributed by atoms with Crippen LogP contribution >= 0.6 is 0 Å². The Morgan fingerprint density at radius 1 is 0.379 bits per heavy atom. The van der Waals surface area contributed by atoms with E-state index in [2.05, 4.69) is 147 Å². The fourth-order valence-electron chi connectivity index (χ4n) is 7.04. The number of aryl methyl sites for hydroxylation is 2. The van der Waals surface area contributed by atoms with Crippen LogP contribution in [0.3, 0.4) is 0 Å². The van der Waals surface area contributed by atoms with Gasteiger partial charge in [0, 0.05) is 11.5 Å².